The number of hydrogen-bond acceptors (Lipinski definition) is 9. The van der Waals surface area contributed by atoms with E-state index in [0.29, 0.717) is 11.1 Å². The van der Waals surface area contributed by atoms with Crippen LogP contribution in [0.1, 0.15) is 40.9 Å². The summed E-state index contributed by atoms with van der Waals surface area (Å²) in [6, 6.07) is 11.9. The third-order valence-electron chi connectivity index (χ3n) is 5.35. The van der Waals surface area contributed by atoms with Crippen LogP contribution in [0.5, 0.6) is 11.5 Å². The lowest BCUT2D eigenvalue weighted by Gasteiger charge is -2.13. The Bertz CT molecular complexity index is 1550. The first-order chi connectivity index (χ1) is 21.2. The van der Waals surface area contributed by atoms with Gasteiger partial charge in [0.15, 0.2) is 17.3 Å². The van der Waals surface area contributed by atoms with Crippen molar-refractivity contribution in [1.82, 2.24) is 11.0 Å². The van der Waals surface area contributed by atoms with E-state index in [0.717, 1.165) is 25.3 Å². The summed E-state index contributed by atoms with van der Waals surface area (Å²) in [5, 5.41) is 4.19. The lowest BCUT2D eigenvalue weighted by molar-refractivity contribution is -0.141. The number of nitrogens with one attached hydrogen (secondary N) is 2. The number of carbonyl (C=O) groups excluding carboxylic acids is 3. The number of halogens is 6. The standard InChI is InChI=1S/C18H15ClF4N2O4.C10H10ClNO4/c1-10(11-6-7-13(19)15(8-11)29-25-17(26)27-2)24-28-9-12-4-3-5-14(20)16(12)18(21,22)23;1-6(13)7-3-4-8(11)9(5-7)16-12-10(14)15-2/h3-8H,9H2,1-2H3,(H,25,26);3-5H,1-2H3,(H,12,14)/b24-10+;. The van der Waals surface area contributed by atoms with Crippen LogP contribution in [0, 0.1) is 5.82 Å². The maximum absolute atomic E-state index is 13.6. The second kappa shape index (κ2) is 16.9. The summed E-state index contributed by atoms with van der Waals surface area (Å²) in [5.74, 6) is -1.26. The number of oxime groups is 1. The van der Waals surface area contributed by atoms with Gasteiger partial charge in [0.25, 0.3) is 0 Å². The highest BCUT2D eigenvalue weighted by Gasteiger charge is 2.36. The monoisotopic (exact) mass is 677 g/mol. The van der Waals surface area contributed by atoms with Crippen LogP contribution in [-0.4, -0.2) is 37.9 Å². The molecule has 0 saturated heterocycles. The van der Waals surface area contributed by atoms with E-state index in [-0.39, 0.29) is 33.0 Å². The number of benzene rings is 3. The number of alkyl halides is 3. The number of nitrogens with zero attached hydrogens (tertiary/aromatic N) is 1. The molecule has 0 heterocycles. The number of rotatable bonds is 9. The average molecular weight is 678 g/mol. The fraction of sp³-hybridized carbons (Fsp3) is 0.214. The predicted molar refractivity (Wildman–Crippen MR) is 154 cm³/mol. The quantitative estimate of drug-likeness (QED) is 0.104. The lowest BCUT2D eigenvalue weighted by Crippen LogP contribution is -2.26. The number of ether oxygens (including phenoxy) is 2. The number of hydroxylamine groups is 2. The van der Waals surface area contributed by atoms with Gasteiger partial charge >= 0.3 is 18.4 Å². The van der Waals surface area contributed by atoms with E-state index in [4.69, 9.17) is 37.7 Å². The molecule has 0 saturated carbocycles. The fourth-order valence-electron chi connectivity index (χ4n) is 3.14. The van der Waals surface area contributed by atoms with Crippen LogP contribution in [0.2, 0.25) is 10.0 Å². The van der Waals surface area contributed by atoms with Gasteiger partial charge < -0.3 is 24.0 Å². The molecule has 3 aromatic carbocycles. The highest BCUT2D eigenvalue weighted by atomic mass is 35.5. The van der Waals surface area contributed by atoms with Crippen molar-refractivity contribution < 1.29 is 55.9 Å². The molecule has 0 radical (unpaired) electrons. The summed E-state index contributed by atoms with van der Waals surface area (Å²) >= 11 is 11.8. The zero-order chi connectivity index (χ0) is 33.7. The van der Waals surface area contributed by atoms with Crippen LogP contribution in [-0.2, 0) is 27.1 Å². The van der Waals surface area contributed by atoms with Crippen molar-refractivity contribution in [3.63, 3.8) is 0 Å². The minimum absolute atomic E-state index is 0.0774. The Balaban J connectivity index is 0.000000372. The van der Waals surface area contributed by atoms with Crippen LogP contribution in [0.25, 0.3) is 0 Å². The second-order valence-corrected chi connectivity index (χ2v) is 9.27. The summed E-state index contributed by atoms with van der Waals surface area (Å²) in [6.07, 6.45) is -6.47. The minimum atomic E-state index is -4.86. The molecule has 17 heteroatoms. The summed E-state index contributed by atoms with van der Waals surface area (Å²) in [5.41, 5.74) is 3.35. The van der Waals surface area contributed by atoms with Gasteiger partial charge in [-0.1, -0.05) is 46.6 Å². The first-order valence-electron chi connectivity index (χ1n) is 12.3. The molecule has 2 N–H and O–H groups in total. The van der Waals surface area contributed by atoms with E-state index in [2.05, 4.69) is 14.6 Å². The van der Waals surface area contributed by atoms with Crippen molar-refractivity contribution in [3.8, 4) is 11.5 Å². The second-order valence-electron chi connectivity index (χ2n) is 8.46. The van der Waals surface area contributed by atoms with E-state index in [1.54, 1.807) is 12.1 Å². The molecule has 0 bridgehead atoms. The number of methoxy groups -OCH3 is 2. The number of ketones is 1. The normalized spacial score (nSPS) is 10.9. The molecule has 45 heavy (non-hydrogen) atoms. The van der Waals surface area contributed by atoms with Crippen LogP contribution < -0.4 is 20.6 Å². The SMILES string of the molecule is COC(=O)NOc1cc(/C(C)=N/OCc2cccc(F)c2C(F)(F)F)ccc1Cl.COC(=O)NOc1cc(C(C)=O)ccc1Cl. The Morgan fingerprint density at radius 2 is 1.33 bits per heavy atom. The zero-order valence-electron chi connectivity index (χ0n) is 23.9. The molecule has 0 unspecified atom stereocenters. The third kappa shape index (κ3) is 11.4. The zero-order valence-corrected chi connectivity index (χ0v) is 25.4. The van der Waals surface area contributed by atoms with Gasteiger partial charge in [0.1, 0.15) is 12.4 Å². The van der Waals surface area contributed by atoms with Crippen molar-refractivity contribution in [2.45, 2.75) is 26.6 Å². The van der Waals surface area contributed by atoms with Gasteiger partial charge in [0.05, 0.1) is 35.5 Å². The van der Waals surface area contributed by atoms with Gasteiger partial charge in [-0.15, -0.1) is 0 Å². The van der Waals surface area contributed by atoms with E-state index >= 15 is 0 Å². The average Bonchev–Trinajstić information content (AvgIpc) is 2.99. The molecular weight excluding hydrogens is 653 g/mol. The van der Waals surface area contributed by atoms with E-state index in [9.17, 15) is 31.9 Å². The van der Waals surface area contributed by atoms with Crippen LogP contribution in [0.15, 0.2) is 59.8 Å². The fourth-order valence-corrected chi connectivity index (χ4v) is 3.45. The van der Waals surface area contributed by atoms with Crippen molar-refractivity contribution in [1.29, 1.82) is 0 Å². The molecule has 0 fully saturated rings. The Morgan fingerprint density at radius 3 is 1.82 bits per heavy atom. The van der Waals surface area contributed by atoms with Crippen molar-refractivity contribution >= 4 is 46.9 Å². The molecule has 11 nitrogen and oxygen atoms in total. The molecule has 0 aliphatic heterocycles. The number of Topliss-reactive ketones (excluding diaryl/α,β-unsaturated/α-hetero) is 1. The first-order valence-corrected chi connectivity index (χ1v) is 13.1. The van der Waals surface area contributed by atoms with Gasteiger partial charge in [-0.3, -0.25) is 4.79 Å². The molecule has 0 aliphatic carbocycles. The summed E-state index contributed by atoms with van der Waals surface area (Å²) in [6.45, 7) is 2.35. The van der Waals surface area contributed by atoms with Crippen LogP contribution in [0.3, 0.4) is 0 Å². The van der Waals surface area contributed by atoms with Crippen molar-refractivity contribution in [3.05, 3.63) is 92.7 Å². The largest absolute Gasteiger partial charge is 0.451 e. The predicted octanol–water partition coefficient (Wildman–Crippen LogP) is 7.28. The number of amides is 2. The Morgan fingerprint density at radius 1 is 0.822 bits per heavy atom. The molecule has 3 aromatic rings. The maximum Gasteiger partial charge on any atom is 0.440 e. The summed E-state index contributed by atoms with van der Waals surface area (Å²) in [4.78, 5) is 47.7. The molecule has 0 aliphatic rings. The van der Waals surface area contributed by atoms with E-state index < -0.39 is 41.9 Å². The summed E-state index contributed by atoms with van der Waals surface area (Å²) < 4.78 is 61.2. The third-order valence-corrected chi connectivity index (χ3v) is 5.98. The molecule has 0 spiro atoms. The molecular formula is C28H25Cl2F4N3O8. The van der Waals surface area contributed by atoms with Gasteiger partial charge in [0.2, 0.25) is 0 Å². The van der Waals surface area contributed by atoms with Crippen LogP contribution >= 0.6 is 23.2 Å². The number of carbonyl (C=O) groups is 3. The van der Waals surface area contributed by atoms with Crippen LogP contribution in [0.4, 0.5) is 27.2 Å². The van der Waals surface area contributed by atoms with E-state index in [1.807, 2.05) is 11.0 Å². The maximum atomic E-state index is 13.6. The molecule has 0 atom stereocenters. The minimum Gasteiger partial charge on any atom is -0.451 e. The molecule has 2 amide bonds. The van der Waals surface area contributed by atoms with Crippen molar-refractivity contribution in [2.24, 2.45) is 5.16 Å². The topological polar surface area (TPSA) is 134 Å². The van der Waals surface area contributed by atoms with E-state index in [1.165, 1.54) is 45.2 Å². The Hall–Kier alpha value is -4.76. The molecule has 3 rings (SSSR count). The van der Waals surface area contributed by atoms with Crippen molar-refractivity contribution in [2.75, 3.05) is 14.2 Å². The van der Waals surface area contributed by atoms with Gasteiger partial charge in [-0.25, -0.2) is 14.0 Å². The summed E-state index contributed by atoms with van der Waals surface area (Å²) in [7, 11) is 2.35. The highest BCUT2D eigenvalue weighted by molar-refractivity contribution is 6.32. The van der Waals surface area contributed by atoms with Gasteiger partial charge in [-0.05, 0) is 50.2 Å². The molecule has 242 valence electrons. The lowest BCUT2D eigenvalue weighted by atomic mass is 10.1. The smallest absolute Gasteiger partial charge is 0.440 e. The highest BCUT2D eigenvalue weighted by Crippen LogP contribution is 2.34. The molecule has 0 aromatic heterocycles. The first kappa shape index (κ1) is 36.4. The van der Waals surface area contributed by atoms with Gasteiger partial charge in [0, 0.05) is 16.7 Å². The van der Waals surface area contributed by atoms with Gasteiger partial charge in [-0.2, -0.15) is 24.1 Å². The Labute approximate surface area is 263 Å². The number of hydrogen-bond donors (Lipinski definition) is 2. The Kier molecular flexibility index (Phi) is 13.7.